The average Bonchev–Trinajstić information content (AvgIpc) is 2.69. The van der Waals surface area contributed by atoms with Gasteiger partial charge in [-0.05, 0) is 67.4 Å². The van der Waals surface area contributed by atoms with Crippen LogP contribution in [0, 0.1) is 20.8 Å². The van der Waals surface area contributed by atoms with E-state index in [2.05, 4.69) is 66.3 Å². The summed E-state index contributed by atoms with van der Waals surface area (Å²) in [6.07, 6.45) is 1.03. The summed E-state index contributed by atoms with van der Waals surface area (Å²) in [6.45, 7) is 6.50. The van der Waals surface area contributed by atoms with E-state index in [4.69, 9.17) is 0 Å². The van der Waals surface area contributed by atoms with Crippen molar-refractivity contribution in [1.82, 2.24) is 5.32 Å². The van der Waals surface area contributed by atoms with Gasteiger partial charge in [0.1, 0.15) is 0 Å². The van der Waals surface area contributed by atoms with E-state index in [0.29, 0.717) is 6.04 Å². The van der Waals surface area contributed by atoms with Crippen molar-refractivity contribution in [3.8, 4) is 0 Å². The lowest BCUT2D eigenvalue weighted by atomic mass is 9.98. The van der Waals surface area contributed by atoms with Crippen LogP contribution >= 0.6 is 27.3 Å². The Hall–Kier alpha value is -0.640. The highest BCUT2D eigenvalue weighted by Crippen LogP contribution is 2.34. The van der Waals surface area contributed by atoms with Crippen molar-refractivity contribution in [2.45, 2.75) is 33.2 Å². The van der Waals surface area contributed by atoms with Crippen molar-refractivity contribution in [2.24, 2.45) is 0 Å². The third kappa shape index (κ3) is 3.47. The molecule has 0 fully saturated rings. The lowest BCUT2D eigenvalue weighted by Gasteiger charge is -2.17. The van der Waals surface area contributed by atoms with Gasteiger partial charge in [-0.1, -0.05) is 23.8 Å². The van der Waals surface area contributed by atoms with Crippen LogP contribution in [-0.4, -0.2) is 7.05 Å². The minimum Gasteiger partial charge on any atom is -0.312 e. The first kappa shape index (κ1) is 14.8. The van der Waals surface area contributed by atoms with E-state index in [1.165, 1.54) is 30.9 Å². The number of nitrogens with one attached hydrogen (secondary N) is 1. The number of aryl methyl sites for hydroxylation is 3. The molecule has 0 spiro atoms. The highest BCUT2D eigenvalue weighted by molar-refractivity contribution is 9.10. The van der Waals surface area contributed by atoms with Gasteiger partial charge in [-0.2, -0.15) is 0 Å². The Morgan fingerprint density at radius 1 is 1.21 bits per heavy atom. The van der Waals surface area contributed by atoms with Crippen LogP contribution in [0.25, 0.3) is 0 Å². The van der Waals surface area contributed by atoms with E-state index < -0.39 is 0 Å². The molecule has 2 rings (SSSR count). The Morgan fingerprint density at radius 3 is 2.53 bits per heavy atom. The van der Waals surface area contributed by atoms with Crippen LogP contribution in [0.4, 0.5) is 0 Å². The van der Waals surface area contributed by atoms with Crippen LogP contribution in [0.5, 0.6) is 0 Å². The molecule has 1 aromatic carbocycles. The summed E-state index contributed by atoms with van der Waals surface area (Å²) in [5.74, 6) is 0. The van der Waals surface area contributed by atoms with Gasteiger partial charge in [0, 0.05) is 20.3 Å². The van der Waals surface area contributed by atoms with E-state index in [0.717, 1.165) is 6.42 Å². The summed E-state index contributed by atoms with van der Waals surface area (Å²) >= 11 is 5.54. The zero-order valence-electron chi connectivity index (χ0n) is 11.9. The maximum absolute atomic E-state index is 3.68. The van der Waals surface area contributed by atoms with Gasteiger partial charge < -0.3 is 5.32 Å². The molecule has 1 N–H and O–H groups in total. The lowest BCUT2D eigenvalue weighted by Crippen LogP contribution is -2.18. The Bertz CT molecular complexity index is 574. The van der Waals surface area contributed by atoms with E-state index in [-0.39, 0.29) is 0 Å². The molecule has 0 aliphatic carbocycles. The first-order chi connectivity index (χ1) is 9.01. The predicted molar refractivity (Wildman–Crippen MR) is 88.2 cm³/mol. The van der Waals surface area contributed by atoms with Crippen LogP contribution in [0.1, 0.15) is 32.5 Å². The van der Waals surface area contributed by atoms with Crippen molar-refractivity contribution >= 4 is 27.3 Å². The van der Waals surface area contributed by atoms with Crippen LogP contribution < -0.4 is 5.32 Å². The first-order valence-electron chi connectivity index (χ1n) is 6.50. The first-order valence-corrected chi connectivity index (χ1v) is 8.11. The number of thiophene rings is 1. The number of hydrogen-bond donors (Lipinski definition) is 1. The largest absolute Gasteiger partial charge is 0.312 e. The molecule has 1 heterocycles. The standard InChI is InChI=1S/C16H20BrNS/c1-10-5-6-11(2)13(7-10)9-15(18-4)16-14(17)8-12(3)19-16/h5-8,15,18H,9H2,1-4H3. The van der Waals surface area contributed by atoms with Crippen LogP contribution in [-0.2, 0) is 6.42 Å². The second-order valence-corrected chi connectivity index (χ2v) is 7.19. The van der Waals surface area contributed by atoms with Crippen LogP contribution in [0.2, 0.25) is 0 Å². The Kier molecular flexibility index (Phi) is 4.82. The van der Waals surface area contributed by atoms with Gasteiger partial charge in [0.05, 0.1) is 0 Å². The van der Waals surface area contributed by atoms with Gasteiger partial charge in [0.15, 0.2) is 0 Å². The van der Waals surface area contributed by atoms with Gasteiger partial charge in [0.25, 0.3) is 0 Å². The molecule has 0 bridgehead atoms. The quantitative estimate of drug-likeness (QED) is 0.833. The number of halogens is 1. The SMILES string of the molecule is CNC(Cc1cc(C)ccc1C)c1sc(C)cc1Br. The number of likely N-dealkylation sites (N-methyl/N-ethyl adjacent to an activating group) is 1. The molecule has 0 aliphatic heterocycles. The van der Waals surface area contributed by atoms with Crippen molar-refractivity contribution in [3.05, 3.63) is 55.2 Å². The predicted octanol–water partition coefficient (Wildman–Crippen LogP) is 4.94. The fourth-order valence-corrected chi connectivity index (χ4v) is 4.34. The summed E-state index contributed by atoms with van der Waals surface area (Å²) in [4.78, 5) is 2.74. The van der Waals surface area contributed by atoms with Crippen molar-refractivity contribution in [1.29, 1.82) is 0 Å². The molecule has 0 radical (unpaired) electrons. The normalized spacial score (nSPS) is 12.7. The smallest absolute Gasteiger partial charge is 0.0464 e. The zero-order valence-corrected chi connectivity index (χ0v) is 14.3. The van der Waals surface area contributed by atoms with E-state index in [1.54, 1.807) is 0 Å². The van der Waals surface area contributed by atoms with Gasteiger partial charge >= 0.3 is 0 Å². The van der Waals surface area contributed by atoms with E-state index in [9.17, 15) is 0 Å². The topological polar surface area (TPSA) is 12.0 Å². The number of benzene rings is 1. The highest BCUT2D eigenvalue weighted by atomic mass is 79.9. The fourth-order valence-electron chi connectivity index (χ4n) is 2.30. The maximum atomic E-state index is 3.68. The molecule has 0 aliphatic rings. The van der Waals surface area contributed by atoms with E-state index in [1.807, 2.05) is 18.4 Å². The molecular weight excluding hydrogens is 318 g/mol. The fraction of sp³-hybridized carbons (Fsp3) is 0.375. The van der Waals surface area contributed by atoms with Gasteiger partial charge in [-0.25, -0.2) is 0 Å². The summed E-state index contributed by atoms with van der Waals surface area (Å²) in [7, 11) is 2.04. The van der Waals surface area contributed by atoms with Gasteiger partial charge in [0.2, 0.25) is 0 Å². The maximum Gasteiger partial charge on any atom is 0.0464 e. The molecule has 1 aromatic heterocycles. The summed E-state index contributed by atoms with van der Waals surface area (Å²) in [6, 6.07) is 9.26. The molecule has 1 atom stereocenters. The highest BCUT2D eigenvalue weighted by Gasteiger charge is 2.17. The van der Waals surface area contributed by atoms with Gasteiger partial charge in [-0.15, -0.1) is 11.3 Å². The Morgan fingerprint density at radius 2 is 1.95 bits per heavy atom. The third-order valence-corrected chi connectivity index (χ3v) is 5.51. The summed E-state index contributed by atoms with van der Waals surface area (Å²) in [5.41, 5.74) is 4.13. The Balaban J connectivity index is 2.29. The molecule has 0 amide bonds. The average molecular weight is 338 g/mol. The van der Waals surface area contributed by atoms with Crippen LogP contribution in [0.3, 0.4) is 0 Å². The lowest BCUT2D eigenvalue weighted by molar-refractivity contribution is 0.598. The van der Waals surface area contributed by atoms with Crippen molar-refractivity contribution in [2.75, 3.05) is 7.05 Å². The molecule has 1 nitrogen and oxygen atoms in total. The molecule has 102 valence electrons. The summed E-state index contributed by atoms with van der Waals surface area (Å²) in [5, 5.41) is 3.45. The molecule has 3 heteroatoms. The monoisotopic (exact) mass is 337 g/mol. The summed E-state index contributed by atoms with van der Waals surface area (Å²) < 4.78 is 1.22. The minimum absolute atomic E-state index is 0.369. The molecule has 19 heavy (non-hydrogen) atoms. The van der Waals surface area contributed by atoms with Gasteiger partial charge in [-0.3, -0.25) is 0 Å². The molecule has 2 aromatic rings. The molecule has 1 unspecified atom stereocenters. The molecular formula is C16H20BrNS. The molecule has 0 saturated heterocycles. The number of rotatable bonds is 4. The number of hydrogen-bond acceptors (Lipinski definition) is 2. The van der Waals surface area contributed by atoms with Crippen molar-refractivity contribution in [3.63, 3.8) is 0 Å². The minimum atomic E-state index is 0.369. The second kappa shape index (κ2) is 6.21. The Labute approximate surface area is 128 Å². The molecule has 0 saturated carbocycles. The third-order valence-electron chi connectivity index (χ3n) is 3.43. The van der Waals surface area contributed by atoms with Crippen molar-refractivity contribution < 1.29 is 0 Å². The zero-order chi connectivity index (χ0) is 14.0. The second-order valence-electron chi connectivity index (χ2n) is 5.04. The van der Waals surface area contributed by atoms with E-state index >= 15 is 0 Å². The van der Waals surface area contributed by atoms with Crippen LogP contribution in [0.15, 0.2) is 28.7 Å².